The number of aromatic nitrogens is 1. The number of carboxylic acids is 1. The van der Waals surface area contributed by atoms with Crippen LogP contribution in [0.1, 0.15) is 133 Å². The molecule has 52 heavy (non-hydrogen) atoms. The molecular weight excluding hydrogens is 679 g/mol. The molecule has 12 heteroatoms. The number of carboxylic acid groups (broad SMARTS) is 1. The lowest BCUT2D eigenvalue weighted by atomic mass is 9.80. The van der Waals surface area contributed by atoms with Crippen LogP contribution in [0.4, 0.5) is 0 Å². The van der Waals surface area contributed by atoms with Crippen molar-refractivity contribution < 1.29 is 29.0 Å². The number of nitrogens with one attached hydrogen (secondary N) is 3. The van der Waals surface area contributed by atoms with Gasteiger partial charge in [0.25, 0.3) is 5.91 Å². The minimum atomic E-state index is -0.903. The van der Waals surface area contributed by atoms with E-state index in [2.05, 4.69) is 43.6 Å². The maximum atomic E-state index is 14.6. The average Bonchev–Trinajstić information content (AvgIpc) is 3.63. The van der Waals surface area contributed by atoms with Crippen LogP contribution < -0.4 is 16.0 Å². The van der Waals surface area contributed by atoms with Gasteiger partial charge in [-0.05, 0) is 61.6 Å². The minimum absolute atomic E-state index is 0.0702. The highest BCUT2D eigenvalue weighted by Crippen LogP contribution is 2.34. The molecule has 0 saturated heterocycles. The van der Waals surface area contributed by atoms with Gasteiger partial charge in [-0.1, -0.05) is 92.5 Å². The van der Waals surface area contributed by atoms with E-state index >= 15 is 0 Å². The van der Waals surface area contributed by atoms with Crippen molar-refractivity contribution >= 4 is 35.0 Å². The number of likely N-dealkylation sites (N-methyl/N-ethyl adjacent to an activating group) is 1. The van der Waals surface area contributed by atoms with Gasteiger partial charge in [0.05, 0.1) is 12.0 Å². The number of fused-ring (bicyclic) bond motifs is 1. The topological polar surface area (TPSA) is 150 Å². The number of benzene rings is 1. The summed E-state index contributed by atoms with van der Waals surface area (Å²) in [4.78, 5) is 60.4. The molecule has 1 aliphatic carbocycles. The Kier molecular flexibility index (Phi) is 17.2. The summed E-state index contributed by atoms with van der Waals surface area (Å²) in [6.45, 7) is 17.4. The van der Waals surface area contributed by atoms with Crippen molar-refractivity contribution in [3.05, 3.63) is 51.5 Å². The smallest absolute Gasteiger partial charge is 0.311 e. The Labute approximate surface area is 315 Å². The van der Waals surface area contributed by atoms with Crippen LogP contribution in [-0.4, -0.2) is 83.0 Å². The van der Waals surface area contributed by atoms with Gasteiger partial charge < -0.3 is 30.7 Å². The molecule has 0 aliphatic heterocycles. The zero-order valence-electron chi connectivity index (χ0n) is 32.7. The van der Waals surface area contributed by atoms with Crippen LogP contribution in [0, 0.1) is 17.8 Å². The van der Waals surface area contributed by atoms with Crippen LogP contribution in [0.2, 0.25) is 0 Å². The molecule has 290 valence electrons. The fourth-order valence-electron chi connectivity index (χ4n) is 7.14. The fourth-order valence-corrected chi connectivity index (χ4v) is 8.00. The molecule has 1 aromatic carbocycles. The molecule has 4 N–H and O–H groups in total. The van der Waals surface area contributed by atoms with E-state index in [1.165, 1.54) is 11.3 Å². The number of nitrogens with zero attached hydrogens (tertiary/aromatic N) is 2. The van der Waals surface area contributed by atoms with E-state index in [9.17, 15) is 24.3 Å². The van der Waals surface area contributed by atoms with E-state index < -0.39 is 30.1 Å². The van der Waals surface area contributed by atoms with Crippen LogP contribution in [-0.2, 0) is 25.5 Å². The second-order valence-corrected chi connectivity index (χ2v) is 15.6. The molecular formula is C40H63N5O6S. The Morgan fingerprint density at radius 2 is 1.67 bits per heavy atom. The number of carbonyl (C=O) groups excluding carboxylic acids is 3. The summed E-state index contributed by atoms with van der Waals surface area (Å²) in [6, 6.07) is 5.86. The first-order chi connectivity index (χ1) is 24.8. The highest BCUT2D eigenvalue weighted by molar-refractivity contribution is 7.09. The van der Waals surface area contributed by atoms with Gasteiger partial charge in [-0.2, -0.15) is 0 Å². The number of hydrogen-bond acceptors (Lipinski definition) is 8. The van der Waals surface area contributed by atoms with Gasteiger partial charge in [0.1, 0.15) is 22.8 Å². The molecule has 0 radical (unpaired) electrons. The summed E-state index contributed by atoms with van der Waals surface area (Å²) in [5, 5.41) is 21.6. The third-order valence-corrected chi connectivity index (χ3v) is 11.5. The normalized spacial score (nSPS) is 19.1. The highest BCUT2D eigenvalue weighted by atomic mass is 32.1. The predicted molar refractivity (Wildman–Crippen MR) is 206 cm³/mol. The molecule has 1 aliphatic rings. The van der Waals surface area contributed by atoms with Crippen molar-refractivity contribution in [2.75, 3.05) is 20.2 Å². The van der Waals surface area contributed by atoms with E-state index in [0.29, 0.717) is 37.4 Å². The lowest BCUT2D eigenvalue weighted by molar-refractivity contribution is -0.142. The van der Waals surface area contributed by atoms with Crippen LogP contribution in [0.25, 0.3) is 0 Å². The summed E-state index contributed by atoms with van der Waals surface area (Å²) >= 11 is 1.35. The summed E-state index contributed by atoms with van der Waals surface area (Å²) in [5.74, 6) is -2.10. The van der Waals surface area contributed by atoms with Crippen molar-refractivity contribution in [1.82, 2.24) is 25.8 Å². The zero-order chi connectivity index (χ0) is 38.5. The molecule has 0 saturated carbocycles. The molecule has 0 unspecified atom stereocenters. The molecule has 11 nitrogen and oxygen atoms in total. The van der Waals surface area contributed by atoms with Crippen LogP contribution in [0.15, 0.2) is 29.6 Å². The molecule has 2 aromatic rings. The summed E-state index contributed by atoms with van der Waals surface area (Å²) in [5.41, 5.74) is 1.99. The van der Waals surface area contributed by atoms with Crippen LogP contribution in [0.3, 0.4) is 0 Å². The maximum Gasteiger partial charge on any atom is 0.311 e. The van der Waals surface area contributed by atoms with Gasteiger partial charge in [0, 0.05) is 37.0 Å². The number of hydrogen-bond donors (Lipinski definition) is 4. The standard InChI is InChI=1S/C40H63N5O6S/c1-10-18-45(39(48)35(26(8)13-4)44-37(47)34(41-9)25(7)12-3)32(24(5)6)22-33(51-19-11-2)38-43-31(23-52-38)36(46)42-28-20-27-16-14-15-17-29(27)30(21-28)40(49)50/h14-17,23-26,28,30,32-35,41H,10-13,18-22H2,1-9H3,(H,42,46)(H,44,47)(H,49,50)/t25-,26-,28-,30+,32+,33+,34+,35-/m0/s1. The molecule has 1 aromatic heterocycles. The Hall–Kier alpha value is -3.35. The Balaban J connectivity index is 1.86. The van der Waals surface area contributed by atoms with Crippen molar-refractivity contribution in [3.63, 3.8) is 0 Å². The molecule has 0 spiro atoms. The zero-order valence-corrected chi connectivity index (χ0v) is 33.6. The second kappa shape index (κ2) is 20.8. The number of rotatable bonds is 21. The SMILES string of the molecule is CCCO[C@H](C[C@H](C(C)C)N(CCC)C(=O)[C@@H](NC(=O)[C@H](NC)[C@@H](C)CC)[C@@H](C)CC)c1nc(C(=O)N[C@H]2Cc3ccccc3[C@H](C(=O)O)C2)cs1. The van der Waals surface area contributed by atoms with E-state index in [1.807, 2.05) is 56.9 Å². The van der Waals surface area contributed by atoms with Crippen LogP contribution >= 0.6 is 11.3 Å². The van der Waals surface area contributed by atoms with Gasteiger partial charge in [-0.25, -0.2) is 4.98 Å². The van der Waals surface area contributed by atoms with Crippen molar-refractivity contribution in [1.29, 1.82) is 0 Å². The molecule has 3 rings (SSSR count). The molecule has 0 fully saturated rings. The van der Waals surface area contributed by atoms with Gasteiger partial charge in [-0.3, -0.25) is 19.2 Å². The monoisotopic (exact) mass is 741 g/mol. The first-order valence-corrected chi connectivity index (χ1v) is 20.2. The number of amides is 3. The van der Waals surface area contributed by atoms with Gasteiger partial charge in [0.15, 0.2) is 0 Å². The van der Waals surface area contributed by atoms with Gasteiger partial charge in [0.2, 0.25) is 11.8 Å². The van der Waals surface area contributed by atoms with E-state index in [-0.39, 0.29) is 53.3 Å². The van der Waals surface area contributed by atoms with E-state index in [1.54, 1.807) is 12.4 Å². The largest absolute Gasteiger partial charge is 0.481 e. The molecule has 1 heterocycles. The lowest BCUT2D eigenvalue weighted by Gasteiger charge is -2.39. The van der Waals surface area contributed by atoms with Crippen molar-refractivity contribution in [3.8, 4) is 0 Å². The quantitative estimate of drug-likeness (QED) is 0.116. The highest BCUT2D eigenvalue weighted by Gasteiger charge is 2.38. The van der Waals surface area contributed by atoms with Crippen molar-refractivity contribution in [2.24, 2.45) is 17.8 Å². The van der Waals surface area contributed by atoms with Crippen molar-refractivity contribution in [2.45, 2.75) is 137 Å². The lowest BCUT2D eigenvalue weighted by Crippen LogP contribution is -2.59. The number of ether oxygens (including phenoxy) is 1. The molecule has 0 bridgehead atoms. The Morgan fingerprint density at radius 1 is 1.00 bits per heavy atom. The maximum absolute atomic E-state index is 14.6. The Morgan fingerprint density at radius 3 is 2.27 bits per heavy atom. The second-order valence-electron chi connectivity index (χ2n) is 14.7. The number of carbonyl (C=O) groups is 4. The Bertz CT molecular complexity index is 1470. The summed E-state index contributed by atoms with van der Waals surface area (Å²) in [6.07, 6.45) is 3.97. The third kappa shape index (κ3) is 11.1. The minimum Gasteiger partial charge on any atom is -0.481 e. The summed E-state index contributed by atoms with van der Waals surface area (Å²) < 4.78 is 6.40. The van der Waals surface area contributed by atoms with Crippen LogP contribution in [0.5, 0.6) is 0 Å². The first-order valence-electron chi connectivity index (χ1n) is 19.3. The van der Waals surface area contributed by atoms with Gasteiger partial charge in [-0.15, -0.1) is 11.3 Å². The summed E-state index contributed by atoms with van der Waals surface area (Å²) in [7, 11) is 1.78. The van der Waals surface area contributed by atoms with Gasteiger partial charge >= 0.3 is 5.97 Å². The number of aliphatic carboxylic acids is 1. The van der Waals surface area contributed by atoms with E-state index in [4.69, 9.17) is 9.72 Å². The third-order valence-electron chi connectivity index (χ3n) is 10.6. The first kappa shape index (κ1) is 43.1. The molecule has 8 atom stereocenters. The fraction of sp³-hybridized carbons (Fsp3) is 0.675. The average molecular weight is 742 g/mol. The predicted octanol–water partition coefficient (Wildman–Crippen LogP) is 6.34. The number of thiazole rings is 1. The van der Waals surface area contributed by atoms with E-state index in [0.717, 1.165) is 36.8 Å². The molecule has 3 amide bonds.